The molecule has 3 aliphatic rings. The van der Waals surface area contributed by atoms with Gasteiger partial charge in [0.25, 0.3) is 5.92 Å². The number of fused-ring (bicyclic) bond motifs is 2. The second kappa shape index (κ2) is 5.64. The Labute approximate surface area is 156 Å². The predicted octanol–water partition coefficient (Wildman–Crippen LogP) is 3.29. The van der Waals surface area contributed by atoms with E-state index in [0.29, 0.717) is 6.54 Å². The zero-order valence-corrected chi connectivity index (χ0v) is 15.5. The summed E-state index contributed by atoms with van der Waals surface area (Å²) in [5.74, 6) is -2.97. The van der Waals surface area contributed by atoms with Gasteiger partial charge < -0.3 is 9.88 Å². The van der Waals surface area contributed by atoms with Crippen LogP contribution in [0.4, 0.5) is 8.78 Å². The van der Waals surface area contributed by atoms with Gasteiger partial charge in [0.15, 0.2) is 0 Å². The van der Waals surface area contributed by atoms with Crippen LogP contribution in [-0.2, 0) is 11.2 Å². The third-order valence-electron chi connectivity index (χ3n) is 6.55. The minimum absolute atomic E-state index is 0.0552. The van der Waals surface area contributed by atoms with Crippen LogP contribution in [0.2, 0.25) is 0 Å². The minimum atomic E-state index is -2.62. The van der Waals surface area contributed by atoms with Crippen molar-refractivity contribution in [2.45, 2.75) is 37.3 Å². The molecule has 1 N–H and O–H groups in total. The molecule has 4 nitrogen and oxygen atoms in total. The van der Waals surface area contributed by atoms with E-state index < -0.39 is 5.92 Å². The summed E-state index contributed by atoms with van der Waals surface area (Å²) >= 11 is 0. The van der Waals surface area contributed by atoms with Crippen molar-refractivity contribution in [3.8, 4) is 0 Å². The number of benzene rings is 1. The van der Waals surface area contributed by atoms with Crippen LogP contribution in [-0.4, -0.2) is 59.3 Å². The van der Waals surface area contributed by atoms with Crippen molar-refractivity contribution >= 4 is 22.4 Å². The first-order valence-electron chi connectivity index (χ1n) is 9.50. The normalized spacial score (nSPS) is 27.0. The highest BCUT2D eigenvalue weighted by Crippen LogP contribution is 2.43. The van der Waals surface area contributed by atoms with Crippen LogP contribution < -0.4 is 0 Å². The maximum absolute atomic E-state index is 13.2. The Morgan fingerprint density at radius 3 is 2.85 bits per heavy atom. The van der Waals surface area contributed by atoms with Gasteiger partial charge in [0, 0.05) is 55.6 Å². The van der Waals surface area contributed by atoms with Gasteiger partial charge in [0.1, 0.15) is 0 Å². The molecular formula is C21H23F2N3O. The van der Waals surface area contributed by atoms with E-state index in [2.05, 4.69) is 34.3 Å². The van der Waals surface area contributed by atoms with Crippen LogP contribution in [0, 0.1) is 5.92 Å². The van der Waals surface area contributed by atoms with E-state index in [4.69, 9.17) is 0 Å². The molecule has 1 aromatic heterocycles. The highest BCUT2D eigenvalue weighted by atomic mass is 19.3. The molecule has 1 fully saturated rings. The van der Waals surface area contributed by atoms with E-state index in [9.17, 15) is 13.6 Å². The SMILES string of the molecule is CN1CC(C(=O)N(C)C2CC(F)(F)C2)C=C2c3cccc4[nH]cc(c34)CC21. The van der Waals surface area contributed by atoms with Crippen molar-refractivity contribution in [1.29, 1.82) is 0 Å². The lowest BCUT2D eigenvalue weighted by Gasteiger charge is -2.44. The second-order valence-corrected chi connectivity index (χ2v) is 8.30. The number of aromatic nitrogens is 1. The number of hydrogen-bond acceptors (Lipinski definition) is 2. The fraction of sp³-hybridized carbons (Fsp3) is 0.476. The Hall–Kier alpha value is -2.21. The molecule has 2 heterocycles. The molecule has 6 heteroatoms. The summed E-state index contributed by atoms with van der Waals surface area (Å²) in [5, 5.41) is 1.24. The fourth-order valence-corrected chi connectivity index (χ4v) is 4.95. The first-order chi connectivity index (χ1) is 12.8. The highest BCUT2D eigenvalue weighted by molar-refractivity contribution is 5.99. The van der Waals surface area contributed by atoms with Gasteiger partial charge in [-0.05, 0) is 36.2 Å². The average molecular weight is 371 g/mol. The summed E-state index contributed by atoms with van der Waals surface area (Å²) in [7, 11) is 3.71. The van der Waals surface area contributed by atoms with Gasteiger partial charge >= 0.3 is 0 Å². The van der Waals surface area contributed by atoms with Crippen molar-refractivity contribution in [3.05, 3.63) is 41.6 Å². The number of aromatic amines is 1. The number of carbonyl (C=O) groups is 1. The van der Waals surface area contributed by atoms with E-state index in [-0.39, 0.29) is 36.8 Å². The summed E-state index contributed by atoms with van der Waals surface area (Å²) in [6.07, 6.45) is 4.66. The van der Waals surface area contributed by atoms with E-state index in [0.717, 1.165) is 11.9 Å². The van der Waals surface area contributed by atoms with Gasteiger partial charge in [-0.3, -0.25) is 9.69 Å². The van der Waals surface area contributed by atoms with Crippen LogP contribution >= 0.6 is 0 Å². The molecule has 0 spiro atoms. The number of nitrogens with one attached hydrogen (secondary N) is 1. The number of carbonyl (C=O) groups excluding carboxylic acids is 1. The van der Waals surface area contributed by atoms with Crippen molar-refractivity contribution in [2.75, 3.05) is 20.6 Å². The van der Waals surface area contributed by atoms with E-state index in [1.165, 1.54) is 22.1 Å². The summed E-state index contributed by atoms with van der Waals surface area (Å²) < 4.78 is 26.4. The molecular weight excluding hydrogens is 348 g/mol. The molecule has 1 saturated carbocycles. The molecule has 0 radical (unpaired) electrons. The molecule has 1 aliphatic heterocycles. The number of rotatable bonds is 2. The number of hydrogen-bond donors (Lipinski definition) is 1. The molecule has 0 bridgehead atoms. The fourth-order valence-electron chi connectivity index (χ4n) is 4.95. The molecule has 27 heavy (non-hydrogen) atoms. The zero-order chi connectivity index (χ0) is 18.9. The Balaban J connectivity index is 1.48. The van der Waals surface area contributed by atoms with Crippen LogP contribution in [0.3, 0.4) is 0 Å². The number of nitrogens with zero attached hydrogens (tertiary/aromatic N) is 2. The average Bonchev–Trinajstić information content (AvgIpc) is 3.03. The van der Waals surface area contributed by atoms with Crippen molar-refractivity contribution in [3.63, 3.8) is 0 Å². The summed E-state index contributed by atoms with van der Waals surface area (Å²) in [6.45, 7) is 0.621. The molecule has 1 amide bonds. The maximum Gasteiger partial charge on any atom is 0.252 e. The van der Waals surface area contributed by atoms with E-state index >= 15 is 0 Å². The topological polar surface area (TPSA) is 39.3 Å². The monoisotopic (exact) mass is 371 g/mol. The molecule has 2 unspecified atom stereocenters. The zero-order valence-electron chi connectivity index (χ0n) is 15.5. The van der Waals surface area contributed by atoms with Gasteiger partial charge in [-0.1, -0.05) is 18.2 Å². The Morgan fingerprint density at radius 1 is 1.33 bits per heavy atom. The van der Waals surface area contributed by atoms with E-state index in [1.807, 2.05) is 13.1 Å². The summed E-state index contributed by atoms with van der Waals surface area (Å²) in [6, 6.07) is 6.13. The first-order valence-corrected chi connectivity index (χ1v) is 9.50. The molecule has 2 aliphatic carbocycles. The Kier molecular flexibility index (Phi) is 3.54. The number of H-pyrrole nitrogens is 1. The lowest BCUT2D eigenvalue weighted by molar-refractivity contribution is -0.152. The predicted molar refractivity (Wildman–Crippen MR) is 101 cm³/mol. The van der Waals surface area contributed by atoms with Gasteiger partial charge in [-0.2, -0.15) is 0 Å². The molecule has 5 rings (SSSR count). The number of halogens is 2. The third kappa shape index (κ3) is 2.53. The maximum atomic E-state index is 13.2. The van der Waals surface area contributed by atoms with Gasteiger partial charge in [0.2, 0.25) is 5.91 Å². The van der Waals surface area contributed by atoms with Crippen LogP contribution in [0.25, 0.3) is 16.5 Å². The lowest BCUT2D eigenvalue weighted by atomic mass is 9.79. The summed E-state index contributed by atoms with van der Waals surface area (Å²) in [4.78, 5) is 20.1. The lowest BCUT2D eigenvalue weighted by Crippen LogP contribution is -2.54. The largest absolute Gasteiger partial charge is 0.361 e. The van der Waals surface area contributed by atoms with Crippen LogP contribution in [0.1, 0.15) is 24.0 Å². The van der Waals surface area contributed by atoms with E-state index in [1.54, 1.807) is 11.9 Å². The smallest absolute Gasteiger partial charge is 0.252 e. The summed E-state index contributed by atoms with van der Waals surface area (Å²) in [5.41, 5.74) is 4.80. The molecule has 2 atom stereocenters. The molecule has 0 saturated heterocycles. The molecule has 1 aromatic carbocycles. The van der Waals surface area contributed by atoms with Crippen molar-refractivity contribution in [1.82, 2.24) is 14.8 Å². The van der Waals surface area contributed by atoms with Crippen molar-refractivity contribution < 1.29 is 13.6 Å². The third-order valence-corrected chi connectivity index (χ3v) is 6.55. The number of amides is 1. The van der Waals surface area contributed by atoms with Gasteiger partial charge in [-0.15, -0.1) is 0 Å². The number of likely N-dealkylation sites (N-methyl/N-ethyl adjacent to an activating group) is 1. The minimum Gasteiger partial charge on any atom is -0.361 e. The standard InChI is InChI=1S/C21H23F2N3O/c1-25-11-13(20(27)26(2)14-8-21(22,23)9-14)6-16-15-4-3-5-17-19(15)12(10-24-17)7-18(16)25/h3-6,10,13-14,18,24H,7-9,11H2,1-2H3. The molecule has 142 valence electrons. The van der Waals surface area contributed by atoms with Gasteiger partial charge in [0.05, 0.1) is 5.92 Å². The van der Waals surface area contributed by atoms with Crippen LogP contribution in [0.15, 0.2) is 30.5 Å². The second-order valence-electron chi connectivity index (χ2n) is 8.30. The Bertz CT molecular complexity index is 955. The Morgan fingerprint density at radius 2 is 2.11 bits per heavy atom. The highest BCUT2D eigenvalue weighted by Gasteiger charge is 2.49. The first kappa shape index (κ1) is 16.9. The van der Waals surface area contributed by atoms with Crippen molar-refractivity contribution in [2.24, 2.45) is 5.92 Å². The molecule has 2 aromatic rings. The quantitative estimate of drug-likeness (QED) is 0.880. The van der Waals surface area contributed by atoms with Crippen LogP contribution in [0.5, 0.6) is 0 Å². The number of alkyl halides is 2. The van der Waals surface area contributed by atoms with Gasteiger partial charge in [-0.25, -0.2) is 8.78 Å².